The Hall–Kier alpha value is -2.16. The first-order valence-corrected chi connectivity index (χ1v) is 8.07. The number of aliphatic imine (C=N–C) groups is 1. The van der Waals surface area contributed by atoms with E-state index in [1.54, 1.807) is 12.1 Å². The Bertz CT molecular complexity index is 734. The van der Waals surface area contributed by atoms with Gasteiger partial charge in [0.05, 0.1) is 11.4 Å². The van der Waals surface area contributed by atoms with E-state index in [2.05, 4.69) is 0 Å². The maximum Gasteiger partial charge on any atom is 0.182 e. The highest BCUT2D eigenvalue weighted by Gasteiger charge is 2.19. The molecule has 0 bridgehead atoms. The lowest BCUT2D eigenvalue weighted by Gasteiger charge is -2.16. The number of rotatable bonds is 3. The van der Waals surface area contributed by atoms with Gasteiger partial charge in [-0.25, -0.2) is 4.99 Å². The molecule has 0 spiro atoms. The molecule has 0 saturated heterocycles. The molecular formula is C20H25NO2. The molecule has 0 unspecified atom stereocenters. The number of phenolic OH excluding ortho intramolecular Hbond substituents is 1. The number of hydrogen-bond donors (Lipinski definition) is 1. The molecule has 1 aromatic carbocycles. The summed E-state index contributed by atoms with van der Waals surface area (Å²) in [4.78, 5) is 16.8. The Morgan fingerprint density at radius 2 is 1.65 bits per heavy atom. The van der Waals surface area contributed by atoms with Crippen molar-refractivity contribution < 1.29 is 9.90 Å². The highest BCUT2D eigenvalue weighted by molar-refractivity contribution is 6.22. The van der Waals surface area contributed by atoms with E-state index in [1.165, 1.54) is 0 Å². The summed E-state index contributed by atoms with van der Waals surface area (Å²) in [6, 6.07) is 3.70. The van der Waals surface area contributed by atoms with Crippen molar-refractivity contribution in [3.8, 4) is 5.75 Å². The van der Waals surface area contributed by atoms with Crippen LogP contribution >= 0.6 is 0 Å². The van der Waals surface area contributed by atoms with E-state index < -0.39 is 0 Å². The van der Waals surface area contributed by atoms with Gasteiger partial charge in [-0.3, -0.25) is 4.79 Å². The van der Waals surface area contributed by atoms with E-state index in [0.29, 0.717) is 5.75 Å². The van der Waals surface area contributed by atoms with Gasteiger partial charge >= 0.3 is 0 Å². The summed E-state index contributed by atoms with van der Waals surface area (Å²) in [6.45, 7) is 12.0. The summed E-state index contributed by atoms with van der Waals surface area (Å²) >= 11 is 0. The van der Waals surface area contributed by atoms with E-state index in [9.17, 15) is 9.90 Å². The van der Waals surface area contributed by atoms with Gasteiger partial charge in [0, 0.05) is 5.57 Å². The third-order valence-corrected chi connectivity index (χ3v) is 4.16. The summed E-state index contributed by atoms with van der Waals surface area (Å²) in [5.74, 6) is 0.776. The summed E-state index contributed by atoms with van der Waals surface area (Å²) in [5.41, 5.74) is 5.12. The van der Waals surface area contributed by atoms with Crippen molar-refractivity contribution in [3.05, 3.63) is 46.6 Å². The molecule has 0 atom stereocenters. The van der Waals surface area contributed by atoms with Crippen molar-refractivity contribution in [3.63, 3.8) is 0 Å². The lowest BCUT2D eigenvalue weighted by atomic mass is 9.90. The van der Waals surface area contributed by atoms with Crippen LogP contribution in [0.1, 0.15) is 51.7 Å². The van der Waals surface area contributed by atoms with Crippen molar-refractivity contribution in [2.24, 2.45) is 10.9 Å². The summed E-state index contributed by atoms with van der Waals surface area (Å²) in [7, 11) is 0. The maximum absolute atomic E-state index is 12.1. The molecule has 1 N–H and O–H groups in total. The normalized spacial score (nSPS) is 17.0. The highest BCUT2D eigenvalue weighted by Crippen LogP contribution is 2.33. The van der Waals surface area contributed by atoms with Crippen molar-refractivity contribution >= 4 is 17.2 Å². The number of benzene rings is 1. The predicted molar refractivity (Wildman–Crippen MR) is 95.7 cm³/mol. The molecule has 1 aliphatic carbocycles. The number of aromatic hydroxyl groups is 1. The van der Waals surface area contributed by atoms with Gasteiger partial charge in [0.15, 0.2) is 5.78 Å². The van der Waals surface area contributed by atoms with Crippen LogP contribution in [0.3, 0.4) is 0 Å². The Kier molecular flexibility index (Phi) is 4.88. The molecule has 0 fully saturated rings. The fraction of sp³-hybridized carbons (Fsp3) is 0.400. The van der Waals surface area contributed by atoms with Gasteiger partial charge in [0.1, 0.15) is 5.75 Å². The third kappa shape index (κ3) is 3.61. The quantitative estimate of drug-likeness (QED) is 0.798. The fourth-order valence-corrected chi connectivity index (χ4v) is 2.67. The molecule has 0 radical (unpaired) electrons. The first kappa shape index (κ1) is 17.2. The Balaban J connectivity index is 2.55. The third-order valence-electron chi connectivity index (χ3n) is 4.16. The zero-order chi connectivity index (χ0) is 17.3. The average Bonchev–Trinajstić information content (AvgIpc) is 2.43. The topological polar surface area (TPSA) is 49.7 Å². The molecular weight excluding hydrogens is 286 g/mol. The molecule has 0 amide bonds. The monoisotopic (exact) mass is 311 g/mol. The van der Waals surface area contributed by atoms with Crippen LogP contribution in [0.15, 0.2) is 40.4 Å². The molecule has 3 heteroatoms. The minimum atomic E-state index is 0.0711. The van der Waals surface area contributed by atoms with E-state index in [0.717, 1.165) is 33.7 Å². The second-order valence-corrected chi connectivity index (χ2v) is 6.80. The number of phenols is 1. The number of aryl methyl sites for hydroxylation is 1. The van der Waals surface area contributed by atoms with Gasteiger partial charge in [-0.05, 0) is 66.7 Å². The Morgan fingerprint density at radius 3 is 2.22 bits per heavy atom. The van der Waals surface area contributed by atoms with Gasteiger partial charge in [-0.1, -0.05) is 27.7 Å². The van der Waals surface area contributed by atoms with Crippen LogP contribution in [0.4, 0.5) is 5.69 Å². The zero-order valence-electron chi connectivity index (χ0n) is 14.8. The standard InChI is InChI=1S/C20H25NO2/c1-11(2)15-9-17(13(5)7-19(15)22)21-18-10-16(12(3)4)20(23)8-14(18)6/h7-12,22H,1-6H3. The van der Waals surface area contributed by atoms with Gasteiger partial charge in [-0.15, -0.1) is 0 Å². The number of ketones is 1. The first-order chi connectivity index (χ1) is 10.7. The molecule has 1 aromatic rings. The van der Waals surface area contributed by atoms with Crippen molar-refractivity contribution in [2.45, 2.75) is 47.5 Å². The smallest absolute Gasteiger partial charge is 0.182 e. The van der Waals surface area contributed by atoms with E-state index >= 15 is 0 Å². The summed E-state index contributed by atoms with van der Waals surface area (Å²) < 4.78 is 0. The minimum absolute atomic E-state index is 0.0711. The van der Waals surface area contributed by atoms with Crippen LogP contribution in [-0.2, 0) is 4.79 Å². The second kappa shape index (κ2) is 6.53. The number of hydrogen-bond acceptors (Lipinski definition) is 3. The SMILES string of the molecule is CC1=CC(=O)C(C(C)C)=CC1=Nc1cc(C(C)C)c(O)cc1C. The Morgan fingerprint density at radius 1 is 1.00 bits per heavy atom. The molecule has 122 valence electrons. The van der Waals surface area contributed by atoms with E-state index in [1.807, 2.05) is 53.7 Å². The lowest BCUT2D eigenvalue weighted by molar-refractivity contribution is -0.111. The predicted octanol–water partition coefficient (Wildman–Crippen LogP) is 5.01. The number of nitrogens with zero attached hydrogens (tertiary/aromatic N) is 1. The van der Waals surface area contributed by atoms with Crippen LogP contribution in [0.5, 0.6) is 5.75 Å². The van der Waals surface area contributed by atoms with Crippen LogP contribution in [0, 0.1) is 12.8 Å². The number of carbonyl (C=O) groups excluding carboxylic acids is 1. The minimum Gasteiger partial charge on any atom is -0.508 e. The molecule has 0 aliphatic heterocycles. The summed E-state index contributed by atoms with van der Waals surface area (Å²) in [5, 5.41) is 10.1. The van der Waals surface area contributed by atoms with Crippen molar-refractivity contribution in [1.82, 2.24) is 0 Å². The number of carbonyl (C=O) groups is 1. The molecule has 1 aliphatic rings. The average molecular weight is 311 g/mol. The first-order valence-electron chi connectivity index (χ1n) is 8.07. The van der Waals surface area contributed by atoms with Crippen molar-refractivity contribution in [2.75, 3.05) is 0 Å². The maximum atomic E-state index is 12.1. The van der Waals surface area contributed by atoms with E-state index in [-0.39, 0.29) is 17.6 Å². The van der Waals surface area contributed by atoms with Gasteiger partial charge < -0.3 is 5.11 Å². The van der Waals surface area contributed by atoms with Crippen LogP contribution in [0.25, 0.3) is 0 Å². The molecule has 3 nitrogen and oxygen atoms in total. The molecule has 2 rings (SSSR count). The molecule has 0 saturated carbocycles. The molecule has 23 heavy (non-hydrogen) atoms. The van der Waals surface area contributed by atoms with Gasteiger partial charge in [0.25, 0.3) is 0 Å². The zero-order valence-corrected chi connectivity index (χ0v) is 14.8. The largest absolute Gasteiger partial charge is 0.508 e. The van der Waals surface area contributed by atoms with Crippen LogP contribution < -0.4 is 0 Å². The van der Waals surface area contributed by atoms with E-state index in [4.69, 9.17) is 4.99 Å². The van der Waals surface area contributed by atoms with Gasteiger partial charge in [0.2, 0.25) is 0 Å². The second-order valence-electron chi connectivity index (χ2n) is 6.80. The summed E-state index contributed by atoms with van der Waals surface area (Å²) in [6.07, 6.45) is 3.55. The van der Waals surface area contributed by atoms with Crippen LogP contribution in [0.2, 0.25) is 0 Å². The van der Waals surface area contributed by atoms with Crippen molar-refractivity contribution in [1.29, 1.82) is 0 Å². The number of allylic oxidation sites excluding steroid dienone is 4. The molecule has 0 heterocycles. The fourth-order valence-electron chi connectivity index (χ4n) is 2.67. The Labute approximate surface area is 138 Å². The lowest BCUT2D eigenvalue weighted by Crippen LogP contribution is -2.15. The van der Waals surface area contributed by atoms with Crippen LogP contribution in [-0.4, -0.2) is 16.6 Å². The van der Waals surface area contributed by atoms with Gasteiger partial charge in [-0.2, -0.15) is 0 Å². The molecule has 0 aromatic heterocycles. The highest BCUT2D eigenvalue weighted by atomic mass is 16.3.